The Bertz CT molecular complexity index is 383. The lowest BCUT2D eigenvalue weighted by Crippen LogP contribution is -2.29. The Kier molecular flexibility index (Phi) is 4.80. The first kappa shape index (κ1) is 14.0. The standard InChI is InChI=1S/C15H21Cl2N/c1-10(2)11-5-3-6-12(9-11)18-15-13(16)7-4-8-14(15)17/h4,7-8,10-12,18H,3,5-6,9H2,1-2H3. The molecule has 1 N–H and O–H groups in total. The molecule has 0 heterocycles. The van der Waals surface area contributed by atoms with Crippen molar-refractivity contribution in [2.24, 2.45) is 11.8 Å². The van der Waals surface area contributed by atoms with Gasteiger partial charge in [-0.2, -0.15) is 0 Å². The van der Waals surface area contributed by atoms with E-state index in [1.54, 1.807) is 0 Å². The number of hydrogen-bond acceptors (Lipinski definition) is 1. The van der Waals surface area contributed by atoms with Crippen LogP contribution in [-0.4, -0.2) is 6.04 Å². The molecular formula is C15H21Cl2N. The van der Waals surface area contributed by atoms with Gasteiger partial charge in [-0.25, -0.2) is 0 Å². The Morgan fingerprint density at radius 3 is 2.44 bits per heavy atom. The van der Waals surface area contributed by atoms with Gasteiger partial charge in [0.25, 0.3) is 0 Å². The minimum atomic E-state index is 0.503. The second-order valence-corrected chi connectivity index (χ2v) is 6.42. The maximum Gasteiger partial charge on any atom is 0.0721 e. The highest BCUT2D eigenvalue weighted by Crippen LogP contribution is 2.35. The maximum absolute atomic E-state index is 6.20. The third-order valence-electron chi connectivity index (χ3n) is 3.97. The lowest BCUT2D eigenvalue weighted by Gasteiger charge is -2.33. The highest BCUT2D eigenvalue weighted by atomic mass is 35.5. The summed E-state index contributed by atoms with van der Waals surface area (Å²) < 4.78 is 0. The van der Waals surface area contributed by atoms with E-state index in [-0.39, 0.29) is 0 Å². The number of para-hydroxylation sites is 1. The van der Waals surface area contributed by atoms with Crippen molar-refractivity contribution in [1.82, 2.24) is 0 Å². The van der Waals surface area contributed by atoms with Gasteiger partial charge in [0.15, 0.2) is 0 Å². The first-order valence-electron chi connectivity index (χ1n) is 6.78. The molecule has 100 valence electrons. The van der Waals surface area contributed by atoms with Crippen molar-refractivity contribution < 1.29 is 0 Å². The van der Waals surface area contributed by atoms with Gasteiger partial charge in [0, 0.05) is 6.04 Å². The SMILES string of the molecule is CC(C)C1CCCC(Nc2c(Cl)cccc2Cl)C1. The zero-order chi connectivity index (χ0) is 13.1. The Morgan fingerprint density at radius 1 is 1.17 bits per heavy atom. The summed E-state index contributed by atoms with van der Waals surface area (Å²) in [4.78, 5) is 0. The molecule has 2 rings (SSSR count). The van der Waals surface area contributed by atoms with Crippen LogP contribution in [0, 0.1) is 11.8 Å². The van der Waals surface area contributed by atoms with Crippen molar-refractivity contribution in [3.8, 4) is 0 Å². The second-order valence-electron chi connectivity index (χ2n) is 5.61. The Morgan fingerprint density at radius 2 is 1.83 bits per heavy atom. The number of hydrogen-bond donors (Lipinski definition) is 1. The summed E-state index contributed by atoms with van der Waals surface area (Å²) in [5, 5.41) is 4.97. The fraction of sp³-hybridized carbons (Fsp3) is 0.600. The predicted molar refractivity (Wildman–Crippen MR) is 80.7 cm³/mol. The van der Waals surface area contributed by atoms with Gasteiger partial charge < -0.3 is 5.32 Å². The molecule has 3 heteroatoms. The summed E-state index contributed by atoms with van der Waals surface area (Å²) in [7, 11) is 0. The Labute approximate surface area is 120 Å². The summed E-state index contributed by atoms with van der Waals surface area (Å²) in [5.41, 5.74) is 0.898. The topological polar surface area (TPSA) is 12.0 Å². The van der Waals surface area contributed by atoms with Crippen molar-refractivity contribution >= 4 is 28.9 Å². The molecule has 0 amide bonds. The van der Waals surface area contributed by atoms with Gasteiger partial charge in [0.1, 0.15) is 0 Å². The van der Waals surface area contributed by atoms with E-state index in [1.165, 1.54) is 25.7 Å². The smallest absolute Gasteiger partial charge is 0.0721 e. The van der Waals surface area contributed by atoms with E-state index in [4.69, 9.17) is 23.2 Å². The quantitative estimate of drug-likeness (QED) is 0.760. The van der Waals surface area contributed by atoms with Gasteiger partial charge in [0.2, 0.25) is 0 Å². The number of anilines is 1. The first-order valence-corrected chi connectivity index (χ1v) is 7.54. The lowest BCUT2D eigenvalue weighted by molar-refractivity contribution is 0.264. The van der Waals surface area contributed by atoms with Gasteiger partial charge in [0.05, 0.1) is 15.7 Å². The van der Waals surface area contributed by atoms with Crippen LogP contribution in [0.5, 0.6) is 0 Å². The summed E-state index contributed by atoms with van der Waals surface area (Å²) in [6.07, 6.45) is 5.08. The minimum Gasteiger partial charge on any atom is -0.380 e. The third-order valence-corrected chi connectivity index (χ3v) is 4.60. The van der Waals surface area contributed by atoms with Crippen LogP contribution in [0.2, 0.25) is 10.0 Å². The van der Waals surface area contributed by atoms with Gasteiger partial charge in [-0.05, 0) is 36.8 Å². The molecule has 0 aromatic heterocycles. The van der Waals surface area contributed by atoms with Crippen LogP contribution in [0.25, 0.3) is 0 Å². The fourth-order valence-corrected chi connectivity index (χ4v) is 3.31. The molecule has 1 aliphatic rings. The average Bonchev–Trinajstić information content (AvgIpc) is 2.34. The van der Waals surface area contributed by atoms with Crippen molar-refractivity contribution in [3.05, 3.63) is 28.2 Å². The number of nitrogens with one attached hydrogen (secondary N) is 1. The zero-order valence-corrected chi connectivity index (χ0v) is 12.6. The summed E-state index contributed by atoms with van der Waals surface area (Å²) >= 11 is 12.4. The highest BCUT2D eigenvalue weighted by Gasteiger charge is 2.24. The molecule has 18 heavy (non-hydrogen) atoms. The number of halogens is 2. The maximum atomic E-state index is 6.20. The van der Waals surface area contributed by atoms with E-state index in [2.05, 4.69) is 19.2 Å². The van der Waals surface area contributed by atoms with E-state index in [9.17, 15) is 0 Å². The molecule has 1 fully saturated rings. The Hall–Kier alpha value is -0.400. The summed E-state index contributed by atoms with van der Waals surface area (Å²) in [6, 6.07) is 6.16. The Balaban J connectivity index is 2.05. The van der Waals surface area contributed by atoms with Crippen LogP contribution < -0.4 is 5.32 Å². The molecule has 1 aromatic rings. The molecule has 1 saturated carbocycles. The number of benzene rings is 1. The van der Waals surface area contributed by atoms with Crippen molar-refractivity contribution in [2.75, 3.05) is 5.32 Å². The van der Waals surface area contributed by atoms with E-state index >= 15 is 0 Å². The van der Waals surface area contributed by atoms with Gasteiger partial charge in [-0.3, -0.25) is 0 Å². The largest absolute Gasteiger partial charge is 0.380 e. The van der Waals surface area contributed by atoms with E-state index in [0.29, 0.717) is 16.1 Å². The normalized spacial score (nSPS) is 24.3. The summed E-state index contributed by atoms with van der Waals surface area (Å²) in [6.45, 7) is 4.63. The van der Waals surface area contributed by atoms with E-state index in [0.717, 1.165) is 17.5 Å². The fourth-order valence-electron chi connectivity index (χ4n) is 2.80. The molecule has 0 aliphatic heterocycles. The van der Waals surface area contributed by atoms with Crippen molar-refractivity contribution in [3.63, 3.8) is 0 Å². The van der Waals surface area contributed by atoms with Crippen molar-refractivity contribution in [1.29, 1.82) is 0 Å². The molecule has 0 radical (unpaired) electrons. The predicted octanol–water partition coefficient (Wildman–Crippen LogP) is 5.62. The van der Waals surface area contributed by atoms with E-state index < -0.39 is 0 Å². The monoisotopic (exact) mass is 285 g/mol. The summed E-state index contributed by atoms with van der Waals surface area (Å²) in [5.74, 6) is 1.58. The first-order chi connectivity index (χ1) is 8.58. The minimum absolute atomic E-state index is 0.503. The zero-order valence-electron chi connectivity index (χ0n) is 11.0. The van der Waals surface area contributed by atoms with Crippen LogP contribution in [0.15, 0.2) is 18.2 Å². The molecule has 0 saturated heterocycles. The number of rotatable bonds is 3. The van der Waals surface area contributed by atoms with Crippen LogP contribution >= 0.6 is 23.2 Å². The van der Waals surface area contributed by atoms with E-state index in [1.807, 2.05) is 18.2 Å². The second kappa shape index (κ2) is 6.16. The lowest BCUT2D eigenvalue weighted by atomic mass is 9.79. The third kappa shape index (κ3) is 3.33. The molecule has 2 atom stereocenters. The van der Waals surface area contributed by atoms with Crippen LogP contribution in [0.4, 0.5) is 5.69 Å². The van der Waals surface area contributed by atoms with Gasteiger partial charge in [-0.15, -0.1) is 0 Å². The average molecular weight is 286 g/mol. The highest BCUT2D eigenvalue weighted by molar-refractivity contribution is 6.39. The molecule has 1 nitrogen and oxygen atoms in total. The van der Waals surface area contributed by atoms with Crippen LogP contribution in [-0.2, 0) is 0 Å². The van der Waals surface area contributed by atoms with Gasteiger partial charge >= 0.3 is 0 Å². The van der Waals surface area contributed by atoms with Crippen molar-refractivity contribution in [2.45, 2.75) is 45.6 Å². The molecule has 1 aliphatic carbocycles. The molecule has 0 bridgehead atoms. The molecule has 0 spiro atoms. The van der Waals surface area contributed by atoms with Crippen LogP contribution in [0.1, 0.15) is 39.5 Å². The molecule has 2 unspecified atom stereocenters. The van der Waals surface area contributed by atoms with Gasteiger partial charge in [-0.1, -0.05) is 56.0 Å². The van der Waals surface area contributed by atoms with Crippen LogP contribution in [0.3, 0.4) is 0 Å². The molecular weight excluding hydrogens is 265 g/mol. The molecule has 1 aromatic carbocycles.